The number of rotatable bonds is 11. The number of ether oxygens (including phenoxy) is 1. The summed E-state index contributed by atoms with van der Waals surface area (Å²) in [6.07, 6.45) is 0. The van der Waals surface area contributed by atoms with Crippen LogP contribution in [0.5, 0.6) is 5.75 Å². The average molecular weight is 589 g/mol. The summed E-state index contributed by atoms with van der Waals surface area (Å²) >= 11 is 1.43. The first-order chi connectivity index (χ1) is 18.2. The Balaban J connectivity index is 0.00000420. The molecule has 1 aromatic heterocycles. The van der Waals surface area contributed by atoms with Crippen molar-refractivity contribution in [1.29, 1.82) is 0 Å². The van der Waals surface area contributed by atoms with Gasteiger partial charge in [0.25, 0.3) is 5.91 Å². The highest BCUT2D eigenvalue weighted by Gasteiger charge is 2.25. The van der Waals surface area contributed by atoms with E-state index in [9.17, 15) is 13.2 Å². The number of sulfonamides is 1. The third-order valence-corrected chi connectivity index (χ3v) is 9.12. The van der Waals surface area contributed by atoms with Gasteiger partial charge in [-0.1, -0.05) is 48.6 Å². The maximum atomic E-state index is 13.6. The summed E-state index contributed by atoms with van der Waals surface area (Å²) in [6, 6.07) is 21.3. The molecule has 8 nitrogen and oxygen atoms in total. The quantitative estimate of drug-likeness (QED) is 0.241. The third-order valence-electron chi connectivity index (χ3n) is 6.12. The van der Waals surface area contributed by atoms with Crippen molar-refractivity contribution in [2.45, 2.75) is 18.4 Å². The molecular formula is C28H33ClN4O4S2. The maximum Gasteiger partial charge on any atom is 0.260 e. The Morgan fingerprint density at radius 1 is 0.974 bits per heavy atom. The number of anilines is 1. The van der Waals surface area contributed by atoms with Gasteiger partial charge in [-0.05, 0) is 56.1 Å². The predicted octanol–water partition coefficient (Wildman–Crippen LogP) is 5.15. The van der Waals surface area contributed by atoms with Gasteiger partial charge >= 0.3 is 0 Å². The molecule has 0 aliphatic carbocycles. The largest absolute Gasteiger partial charge is 0.497 e. The Bertz CT molecular complexity index is 1490. The van der Waals surface area contributed by atoms with E-state index >= 15 is 0 Å². The first-order valence-electron chi connectivity index (χ1n) is 12.3. The zero-order valence-electron chi connectivity index (χ0n) is 22.4. The number of nitrogens with zero attached hydrogens (tertiary/aromatic N) is 4. The number of likely N-dealkylation sites (N-methyl/N-ethyl adjacent to an activating group) is 1. The Kier molecular flexibility index (Phi) is 10.5. The molecule has 0 fully saturated rings. The molecule has 0 unspecified atom stereocenters. The fourth-order valence-electron chi connectivity index (χ4n) is 3.95. The van der Waals surface area contributed by atoms with E-state index < -0.39 is 10.0 Å². The standard InChI is InChI=1S/C28H32N4O4S2.ClH/c1-5-31(20-21-9-7-6-8-10-21)38(34,35)24-14-11-22(12-15-24)27(33)32(18-17-30(2)3)28-29-25-19-23(36-4)13-16-26(25)37-28;/h6-16,19H,5,17-18,20H2,1-4H3;1H. The second-order valence-corrected chi connectivity index (χ2v) is 12.0. The van der Waals surface area contributed by atoms with E-state index in [0.29, 0.717) is 36.1 Å². The molecule has 3 aromatic carbocycles. The number of hydrogen-bond donors (Lipinski definition) is 0. The number of fused-ring (bicyclic) bond motifs is 1. The first kappa shape index (κ1) is 30.5. The minimum Gasteiger partial charge on any atom is -0.497 e. The molecule has 39 heavy (non-hydrogen) atoms. The van der Waals surface area contributed by atoms with Crippen LogP contribution < -0.4 is 9.64 Å². The molecular weight excluding hydrogens is 556 g/mol. The van der Waals surface area contributed by atoms with E-state index in [1.165, 1.54) is 27.8 Å². The van der Waals surface area contributed by atoms with E-state index in [0.717, 1.165) is 15.8 Å². The van der Waals surface area contributed by atoms with E-state index in [-0.39, 0.29) is 29.8 Å². The number of carbonyl (C=O) groups is 1. The molecule has 4 rings (SSSR count). The number of amides is 1. The lowest BCUT2D eigenvalue weighted by molar-refractivity contribution is 0.0985. The number of carbonyl (C=O) groups excluding carboxylic acids is 1. The Morgan fingerprint density at radius 3 is 2.28 bits per heavy atom. The number of aromatic nitrogens is 1. The second-order valence-electron chi connectivity index (χ2n) is 9.03. The molecule has 11 heteroatoms. The van der Waals surface area contributed by atoms with Crippen molar-refractivity contribution in [2.24, 2.45) is 0 Å². The zero-order chi connectivity index (χ0) is 27.3. The molecule has 0 saturated heterocycles. The molecule has 0 spiro atoms. The Hall–Kier alpha value is -3.02. The van der Waals surface area contributed by atoms with Gasteiger partial charge in [0, 0.05) is 37.8 Å². The van der Waals surface area contributed by atoms with Gasteiger partial charge in [-0.25, -0.2) is 13.4 Å². The minimum absolute atomic E-state index is 0. The summed E-state index contributed by atoms with van der Waals surface area (Å²) in [6.45, 7) is 3.50. The molecule has 1 amide bonds. The van der Waals surface area contributed by atoms with Crippen molar-refractivity contribution in [2.75, 3.05) is 45.7 Å². The molecule has 0 saturated carbocycles. The van der Waals surface area contributed by atoms with Gasteiger partial charge in [-0.2, -0.15) is 4.31 Å². The molecule has 0 aliphatic heterocycles. The van der Waals surface area contributed by atoms with Crippen LogP contribution in [0.4, 0.5) is 5.13 Å². The van der Waals surface area contributed by atoms with Crippen molar-refractivity contribution in [1.82, 2.24) is 14.2 Å². The molecule has 0 aliphatic rings. The van der Waals surface area contributed by atoms with Crippen molar-refractivity contribution >= 4 is 55.0 Å². The lowest BCUT2D eigenvalue weighted by atomic mass is 10.2. The van der Waals surface area contributed by atoms with Gasteiger partial charge in [-0.15, -0.1) is 12.4 Å². The van der Waals surface area contributed by atoms with Crippen LogP contribution in [0.25, 0.3) is 10.2 Å². The number of halogens is 1. The van der Waals surface area contributed by atoms with Crippen molar-refractivity contribution in [3.63, 3.8) is 0 Å². The highest BCUT2D eigenvalue weighted by molar-refractivity contribution is 7.89. The Labute approximate surface area is 240 Å². The van der Waals surface area contributed by atoms with Gasteiger partial charge in [-0.3, -0.25) is 9.69 Å². The normalized spacial score (nSPS) is 11.5. The topological polar surface area (TPSA) is 83.1 Å². The summed E-state index contributed by atoms with van der Waals surface area (Å²) in [5.74, 6) is 0.462. The average Bonchev–Trinajstić information content (AvgIpc) is 3.35. The summed E-state index contributed by atoms with van der Waals surface area (Å²) in [7, 11) is 1.76. The monoisotopic (exact) mass is 588 g/mol. The van der Waals surface area contributed by atoms with E-state index in [1.54, 1.807) is 24.1 Å². The Morgan fingerprint density at radius 2 is 1.67 bits per heavy atom. The molecule has 208 valence electrons. The fourth-order valence-corrected chi connectivity index (χ4v) is 6.36. The highest BCUT2D eigenvalue weighted by atomic mass is 35.5. The van der Waals surface area contributed by atoms with Gasteiger partial charge in [0.05, 0.1) is 22.2 Å². The lowest BCUT2D eigenvalue weighted by Crippen LogP contribution is -2.36. The number of benzene rings is 3. The summed E-state index contributed by atoms with van der Waals surface area (Å²) in [5.41, 5.74) is 2.06. The van der Waals surface area contributed by atoms with Gasteiger partial charge in [0.1, 0.15) is 5.75 Å². The highest BCUT2D eigenvalue weighted by Crippen LogP contribution is 2.32. The van der Waals surface area contributed by atoms with Gasteiger partial charge in [0.15, 0.2) is 5.13 Å². The predicted molar refractivity (Wildman–Crippen MR) is 160 cm³/mol. The molecule has 0 radical (unpaired) electrons. The summed E-state index contributed by atoms with van der Waals surface area (Å²) in [5, 5.41) is 0.580. The zero-order valence-corrected chi connectivity index (χ0v) is 24.9. The summed E-state index contributed by atoms with van der Waals surface area (Å²) < 4.78 is 34.4. The van der Waals surface area contributed by atoms with E-state index in [2.05, 4.69) is 0 Å². The van der Waals surface area contributed by atoms with Crippen LogP contribution in [0.1, 0.15) is 22.8 Å². The molecule has 0 bridgehead atoms. The van der Waals surface area contributed by atoms with Crippen LogP contribution in [-0.2, 0) is 16.6 Å². The van der Waals surface area contributed by atoms with Gasteiger partial charge < -0.3 is 9.64 Å². The number of thiazole rings is 1. The van der Waals surface area contributed by atoms with E-state index in [1.807, 2.05) is 74.4 Å². The van der Waals surface area contributed by atoms with E-state index in [4.69, 9.17) is 9.72 Å². The smallest absolute Gasteiger partial charge is 0.260 e. The van der Waals surface area contributed by atoms with Crippen molar-refractivity contribution < 1.29 is 17.9 Å². The number of methoxy groups -OCH3 is 1. The van der Waals surface area contributed by atoms with Crippen LogP contribution in [0.2, 0.25) is 0 Å². The maximum absolute atomic E-state index is 13.6. The third kappa shape index (κ3) is 7.14. The van der Waals surface area contributed by atoms with Crippen molar-refractivity contribution in [3.05, 3.63) is 83.9 Å². The molecule has 0 atom stereocenters. The van der Waals surface area contributed by atoms with Crippen LogP contribution in [0.15, 0.2) is 77.7 Å². The minimum atomic E-state index is -3.73. The molecule has 1 heterocycles. The SMILES string of the molecule is CCN(Cc1ccccc1)S(=O)(=O)c1ccc(C(=O)N(CCN(C)C)c2nc3cc(OC)ccc3s2)cc1.Cl. The first-order valence-corrected chi connectivity index (χ1v) is 14.5. The van der Waals surface area contributed by atoms with Gasteiger partial charge in [0.2, 0.25) is 10.0 Å². The van der Waals surface area contributed by atoms with Crippen LogP contribution in [0, 0.1) is 0 Å². The fraction of sp³-hybridized carbons (Fsp3) is 0.286. The summed E-state index contributed by atoms with van der Waals surface area (Å²) in [4.78, 5) is 22.1. The molecule has 0 N–H and O–H groups in total. The van der Waals surface area contributed by atoms with Crippen molar-refractivity contribution in [3.8, 4) is 5.75 Å². The second kappa shape index (κ2) is 13.4. The van der Waals surface area contributed by atoms with Crippen LogP contribution in [0.3, 0.4) is 0 Å². The van der Waals surface area contributed by atoms with Crippen LogP contribution >= 0.6 is 23.7 Å². The lowest BCUT2D eigenvalue weighted by Gasteiger charge is -2.23. The molecule has 4 aromatic rings. The number of hydrogen-bond acceptors (Lipinski definition) is 7. The van der Waals surface area contributed by atoms with Crippen LogP contribution in [-0.4, -0.2) is 69.4 Å².